The van der Waals surface area contributed by atoms with E-state index in [1.807, 2.05) is 11.4 Å². The monoisotopic (exact) mass is 314 g/mol. The van der Waals surface area contributed by atoms with Crippen LogP contribution < -0.4 is 0 Å². The number of ether oxygens (including phenoxy) is 1. The molecular weight excluding hydrogens is 300 g/mol. The van der Waals surface area contributed by atoms with Crippen LogP contribution in [0.15, 0.2) is 15.2 Å². The lowest BCUT2D eigenvalue weighted by Gasteiger charge is -2.46. The highest BCUT2D eigenvalue weighted by atomic mass is 79.9. The van der Waals surface area contributed by atoms with E-state index in [0.717, 1.165) is 41.6 Å². The molecule has 2 heterocycles. The van der Waals surface area contributed by atoms with Crippen LogP contribution in [0.3, 0.4) is 0 Å². The van der Waals surface area contributed by atoms with E-state index in [-0.39, 0.29) is 11.5 Å². The van der Waals surface area contributed by atoms with Gasteiger partial charge in [0.15, 0.2) is 5.78 Å². The maximum absolute atomic E-state index is 12.4. The van der Waals surface area contributed by atoms with Crippen molar-refractivity contribution in [1.82, 2.24) is 0 Å². The zero-order valence-electron chi connectivity index (χ0n) is 9.58. The maximum Gasteiger partial charge on any atom is 0.167 e. The number of hydrogen-bond acceptors (Lipinski definition) is 3. The van der Waals surface area contributed by atoms with Crippen LogP contribution >= 0.6 is 27.3 Å². The summed E-state index contributed by atoms with van der Waals surface area (Å²) < 4.78 is 6.90. The molecule has 4 heteroatoms. The van der Waals surface area contributed by atoms with Crippen molar-refractivity contribution in [2.75, 3.05) is 6.61 Å². The molecule has 1 aliphatic carbocycles. The molecule has 1 atom stereocenters. The second-order valence-corrected chi connectivity index (χ2v) is 7.37. The fraction of sp³-hybridized carbons (Fsp3) is 0.615. The smallest absolute Gasteiger partial charge is 0.167 e. The summed E-state index contributed by atoms with van der Waals surface area (Å²) in [7, 11) is 0. The molecule has 1 saturated heterocycles. The van der Waals surface area contributed by atoms with Crippen molar-refractivity contribution >= 4 is 33.0 Å². The van der Waals surface area contributed by atoms with Crippen LogP contribution in [0, 0.1) is 5.92 Å². The van der Waals surface area contributed by atoms with Crippen LogP contribution in [0.5, 0.6) is 0 Å². The Morgan fingerprint density at radius 3 is 2.94 bits per heavy atom. The van der Waals surface area contributed by atoms with E-state index in [2.05, 4.69) is 15.9 Å². The Kier molecular flexibility index (Phi) is 3.13. The molecule has 1 aromatic rings. The number of carbonyl (C=O) groups is 1. The molecule has 1 saturated carbocycles. The van der Waals surface area contributed by atoms with E-state index in [9.17, 15) is 4.79 Å². The topological polar surface area (TPSA) is 26.3 Å². The largest absolute Gasteiger partial charge is 0.375 e. The summed E-state index contributed by atoms with van der Waals surface area (Å²) in [6.07, 6.45) is 5.35. The van der Waals surface area contributed by atoms with Gasteiger partial charge in [0.05, 0.1) is 9.39 Å². The van der Waals surface area contributed by atoms with E-state index in [0.29, 0.717) is 5.78 Å². The van der Waals surface area contributed by atoms with E-state index in [1.165, 1.54) is 6.42 Å². The highest BCUT2D eigenvalue weighted by molar-refractivity contribution is 9.11. The van der Waals surface area contributed by atoms with E-state index >= 15 is 0 Å². The molecule has 1 spiro atoms. The Labute approximate surface area is 113 Å². The minimum absolute atomic E-state index is 0.0613. The summed E-state index contributed by atoms with van der Waals surface area (Å²) in [5.74, 6) is 0.479. The zero-order chi connectivity index (χ0) is 11.9. The SMILES string of the molecule is O=C(c1csc(Br)c1)C1CCOC2(CCC2)C1. The molecule has 2 aliphatic rings. The van der Waals surface area contributed by atoms with Gasteiger partial charge in [-0.1, -0.05) is 0 Å². The number of thiophene rings is 1. The molecule has 2 nitrogen and oxygen atoms in total. The summed E-state index contributed by atoms with van der Waals surface area (Å²) in [5, 5.41) is 1.95. The van der Waals surface area contributed by atoms with Crippen molar-refractivity contribution in [3.05, 3.63) is 20.8 Å². The molecule has 0 bridgehead atoms. The van der Waals surface area contributed by atoms with Crippen LogP contribution in [-0.4, -0.2) is 18.0 Å². The minimum Gasteiger partial charge on any atom is -0.375 e. The Morgan fingerprint density at radius 1 is 1.53 bits per heavy atom. The van der Waals surface area contributed by atoms with Crippen molar-refractivity contribution in [3.63, 3.8) is 0 Å². The quantitative estimate of drug-likeness (QED) is 0.770. The third-order valence-electron chi connectivity index (χ3n) is 3.98. The summed E-state index contributed by atoms with van der Waals surface area (Å²) in [6, 6.07) is 1.94. The molecule has 0 N–H and O–H groups in total. The second-order valence-electron chi connectivity index (χ2n) is 5.08. The number of rotatable bonds is 2. The third-order valence-corrected chi connectivity index (χ3v) is 5.48. The lowest BCUT2D eigenvalue weighted by molar-refractivity contribution is -0.137. The number of carbonyl (C=O) groups excluding carboxylic acids is 1. The van der Waals surface area contributed by atoms with Gasteiger partial charge >= 0.3 is 0 Å². The molecule has 92 valence electrons. The zero-order valence-corrected chi connectivity index (χ0v) is 12.0. The predicted octanol–water partition coefficient (Wildman–Crippen LogP) is 4.04. The molecule has 1 aromatic heterocycles. The van der Waals surface area contributed by atoms with Gasteiger partial charge in [-0.25, -0.2) is 0 Å². The first-order chi connectivity index (χ1) is 8.19. The average Bonchev–Trinajstić information content (AvgIpc) is 2.73. The lowest BCUT2D eigenvalue weighted by Crippen LogP contribution is -2.47. The summed E-state index contributed by atoms with van der Waals surface area (Å²) in [6.45, 7) is 0.752. The van der Waals surface area contributed by atoms with Crippen molar-refractivity contribution in [2.45, 2.75) is 37.7 Å². The molecule has 1 unspecified atom stereocenters. The minimum atomic E-state index is 0.0613. The molecule has 3 rings (SSSR count). The van der Waals surface area contributed by atoms with Crippen LogP contribution in [0.2, 0.25) is 0 Å². The lowest BCUT2D eigenvalue weighted by atomic mass is 9.71. The molecule has 2 fully saturated rings. The molecular formula is C13H15BrO2S. The number of halogens is 1. The summed E-state index contributed by atoms with van der Waals surface area (Å²) in [5.41, 5.74) is 0.925. The molecule has 0 amide bonds. The predicted molar refractivity (Wildman–Crippen MR) is 71.6 cm³/mol. The maximum atomic E-state index is 12.4. The van der Waals surface area contributed by atoms with Crippen molar-refractivity contribution in [3.8, 4) is 0 Å². The van der Waals surface area contributed by atoms with Gasteiger partial charge in [-0.15, -0.1) is 11.3 Å². The Morgan fingerprint density at radius 2 is 2.35 bits per heavy atom. The standard InChI is InChI=1S/C13H15BrO2S/c14-11-6-10(8-17-11)12(15)9-2-5-16-13(7-9)3-1-4-13/h6,8-9H,1-5,7H2. The van der Waals surface area contributed by atoms with E-state index < -0.39 is 0 Å². The van der Waals surface area contributed by atoms with Gasteiger partial charge in [-0.2, -0.15) is 0 Å². The van der Waals surface area contributed by atoms with Gasteiger partial charge < -0.3 is 4.74 Å². The first-order valence-corrected chi connectivity index (χ1v) is 7.78. The molecule has 17 heavy (non-hydrogen) atoms. The van der Waals surface area contributed by atoms with Gasteiger partial charge in [-0.05, 0) is 54.1 Å². The van der Waals surface area contributed by atoms with Gasteiger partial charge in [-0.3, -0.25) is 4.79 Å². The normalized spacial score (nSPS) is 26.8. The Bertz CT molecular complexity index is 436. The first kappa shape index (κ1) is 11.9. The highest BCUT2D eigenvalue weighted by Crippen LogP contribution is 2.45. The average molecular weight is 315 g/mol. The summed E-state index contributed by atoms with van der Waals surface area (Å²) in [4.78, 5) is 12.4. The van der Waals surface area contributed by atoms with Crippen LogP contribution in [0.1, 0.15) is 42.5 Å². The van der Waals surface area contributed by atoms with E-state index in [1.54, 1.807) is 11.3 Å². The number of hydrogen-bond donors (Lipinski definition) is 0. The number of Topliss-reactive ketones (excluding diaryl/α,β-unsaturated/α-hetero) is 1. The van der Waals surface area contributed by atoms with Gasteiger partial charge in [0, 0.05) is 23.5 Å². The number of ketones is 1. The first-order valence-electron chi connectivity index (χ1n) is 6.11. The summed E-state index contributed by atoms with van der Waals surface area (Å²) >= 11 is 4.99. The van der Waals surface area contributed by atoms with Crippen molar-refractivity contribution in [2.24, 2.45) is 5.92 Å². The van der Waals surface area contributed by atoms with Crippen LogP contribution in [0.25, 0.3) is 0 Å². The molecule has 0 aromatic carbocycles. The van der Waals surface area contributed by atoms with Gasteiger partial charge in [0.25, 0.3) is 0 Å². The Balaban J connectivity index is 1.73. The fourth-order valence-corrected chi connectivity index (χ4v) is 3.99. The second kappa shape index (κ2) is 4.48. The van der Waals surface area contributed by atoms with Gasteiger partial charge in [0.2, 0.25) is 0 Å². The highest BCUT2D eigenvalue weighted by Gasteiger charge is 2.44. The van der Waals surface area contributed by atoms with Crippen molar-refractivity contribution < 1.29 is 9.53 Å². The Hall–Kier alpha value is -0.190. The molecule has 1 aliphatic heterocycles. The van der Waals surface area contributed by atoms with Crippen molar-refractivity contribution in [1.29, 1.82) is 0 Å². The molecule has 0 radical (unpaired) electrons. The van der Waals surface area contributed by atoms with Gasteiger partial charge in [0.1, 0.15) is 0 Å². The van der Waals surface area contributed by atoms with Crippen LogP contribution in [-0.2, 0) is 4.74 Å². The fourth-order valence-electron chi connectivity index (χ4n) is 2.85. The van der Waals surface area contributed by atoms with E-state index in [4.69, 9.17) is 4.74 Å². The third kappa shape index (κ3) is 2.23. The van der Waals surface area contributed by atoms with Crippen LogP contribution in [0.4, 0.5) is 0 Å².